The van der Waals surface area contributed by atoms with E-state index in [0.717, 1.165) is 0 Å². The molecule has 0 saturated carbocycles. The van der Waals surface area contributed by atoms with Crippen molar-refractivity contribution in [3.8, 4) is 0 Å². The Morgan fingerprint density at radius 1 is 1.14 bits per heavy atom. The lowest BCUT2D eigenvalue weighted by Crippen LogP contribution is -2.58. The van der Waals surface area contributed by atoms with Gasteiger partial charge in [-0.25, -0.2) is 0 Å². The fourth-order valence-corrected chi connectivity index (χ4v) is 2.85. The average molecular weight is 309 g/mol. The fourth-order valence-electron chi connectivity index (χ4n) is 2.85. The van der Waals surface area contributed by atoms with Crippen molar-refractivity contribution in [1.29, 1.82) is 0 Å². The number of hydrogen-bond donors (Lipinski definition) is 1. The highest BCUT2D eigenvalue weighted by Crippen LogP contribution is 2.22. The summed E-state index contributed by atoms with van der Waals surface area (Å²) in [4.78, 5) is 15.5. The van der Waals surface area contributed by atoms with E-state index >= 15 is 0 Å². The van der Waals surface area contributed by atoms with Crippen molar-refractivity contribution < 1.29 is 22.7 Å². The van der Waals surface area contributed by atoms with Crippen molar-refractivity contribution in [2.45, 2.75) is 31.0 Å². The van der Waals surface area contributed by atoms with Gasteiger partial charge in [0, 0.05) is 39.4 Å². The van der Waals surface area contributed by atoms with Gasteiger partial charge >= 0.3 is 6.18 Å². The maximum absolute atomic E-state index is 12.5. The molecule has 2 rings (SSSR count). The highest BCUT2D eigenvalue weighted by Gasteiger charge is 2.39. The summed E-state index contributed by atoms with van der Waals surface area (Å²) >= 11 is 0. The van der Waals surface area contributed by atoms with Crippen molar-refractivity contribution >= 4 is 5.91 Å². The van der Waals surface area contributed by atoms with Crippen molar-refractivity contribution in [3.05, 3.63) is 0 Å². The molecule has 2 fully saturated rings. The summed E-state index contributed by atoms with van der Waals surface area (Å²) in [5.74, 6) is -0.153. The molecule has 21 heavy (non-hydrogen) atoms. The highest BCUT2D eigenvalue weighted by molar-refractivity contribution is 5.86. The first-order chi connectivity index (χ1) is 9.80. The molecular formula is C13H22F3N3O2. The third kappa shape index (κ3) is 4.55. The standard InChI is InChI=1S/C13H22F3N3O2/c14-13(15,16)10-18-4-1-5-19(7-6-18)11(20)12(17)2-8-21-9-3-12/h1-10,17H2. The van der Waals surface area contributed by atoms with Crippen LogP contribution in [0.4, 0.5) is 13.2 Å². The lowest BCUT2D eigenvalue weighted by atomic mass is 9.89. The lowest BCUT2D eigenvalue weighted by molar-refractivity contribution is -0.146. The van der Waals surface area contributed by atoms with E-state index in [1.54, 1.807) is 4.90 Å². The molecule has 0 bridgehead atoms. The van der Waals surface area contributed by atoms with E-state index in [-0.39, 0.29) is 12.5 Å². The van der Waals surface area contributed by atoms with Crippen molar-refractivity contribution in [2.75, 3.05) is 45.9 Å². The summed E-state index contributed by atoms with van der Waals surface area (Å²) in [5, 5.41) is 0. The third-order valence-electron chi connectivity index (χ3n) is 4.09. The molecule has 0 aliphatic carbocycles. The Kier molecular flexibility index (Phi) is 5.11. The molecule has 0 atom stereocenters. The van der Waals surface area contributed by atoms with Crippen LogP contribution in [0.5, 0.6) is 0 Å². The molecule has 2 aliphatic heterocycles. The van der Waals surface area contributed by atoms with Gasteiger partial charge in [0.15, 0.2) is 0 Å². The third-order valence-corrected chi connectivity index (χ3v) is 4.09. The van der Waals surface area contributed by atoms with Gasteiger partial charge in [-0.3, -0.25) is 9.69 Å². The van der Waals surface area contributed by atoms with E-state index in [0.29, 0.717) is 52.1 Å². The van der Waals surface area contributed by atoms with E-state index in [9.17, 15) is 18.0 Å². The van der Waals surface area contributed by atoms with Crippen molar-refractivity contribution in [2.24, 2.45) is 5.73 Å². The van der Waals surface area contributed by atoms with Crippen LogP contribution in [-0.2, 0) is 9.53 Å². The molecule has 122 valence electrons. The molecule has 5 nitrogen and oxygen atoms in total. The van der Waals surface area contributed by atoms with Gasteiger partial charge in [0.1, 0.15) is 0 Å². The average Bonchev–Trinajstić information content (AvgIpc) is 2.62. The molecule has 1 amide bonds. The minimum absolute atomic E-state index is 0.153. The van der Waals surface area contributed by atoms with Gasteiger partial charge in [0.2, 0.25) is 5.91 Å². The SMILES string of the molecule is NC1(C(=O)N2CCCN(CC(F)(F)F)CC2)CCOCC1. The second-order valence-corrected chi connectivity index (χ2v) is 5.81. The molecule has 0 aromatic heterocycles. The van der Waals surface area contributed by atoms with Crippen LogP contribution in [0.25, 0.3) is 0 Å². The van der Waals surface area contributed by atoms with Crippen molar-refractivity contribution in [3.63, 3.8) is 0 Å². The van der Waals surface area contributed by atoms with Crippen LogP contribution >= 0.6 is 0 Å². The van der Waals surface area contributed by atoms with E-state index in [4.69, 9.17) is 10.5 Å². The Hall–Kier alpha value is -0.860. The fraction of sp³-hybridized carbons (Fsp3) is 0.923. The van der Waals surface area contributed by atoms with Gasteiger partial charge in [-0.1, -0.05) is 0 Å². The topological polar surface area (TPSA) is 58.8 Å². The molecule has 2 aliphatic rings. The predicted octanol–water partition coefficient (Wildman–Crippen LogP) is 0.591. The van der Waals surface area contributed by atoms with Gasteiger partial charge in [-0.05, 0) is 19.3 Å². The minimum Gasteiger partial charge on any atom is -0.381 e. The monoisotopic (exact) mass is 309 g/mol. The van der Waals surface area contributed by atoms with E-state index in [2.05, 4.69) is 0 Å². The molecular weight excluding hydrogens is 287 g/mol. The summed E-state index contributed by atoms with van der Waals surface area (Å²) in [6.45, 7) is 1.34. The highest BCUT2D eigenvalue weighted by atomic mass is 19.4. The second-order valence-electron chi connectivity index (χ2n) is 5.81. The Morgan fingerprint density at radius 2 is 1.81 bits per heavy atom. The summed E-state index contributed by atoms with van der Waals surface area (Å²) in [6.07, 6.45) is -2.73. The summed E-state index contributed by atoms with van der Waals surface area (Å²) in [5.41, 5.74) is 5.24. The summed E-state index contributed by atoms with van der Waals surface area (Å²) in [6, 6.07) is 0. The largest absolute Gasteiger partial charge is 0.401 e. The number of carbonyl (C=O) groups is 1. The van der Waals surface area contributed by atoms with Crippen molar-refractivity contribution in [1.82, 2.24) is 9.80 Å². The van der Waals surface area contributed by atoms with Gasteiger partial charge in [0.25, 0.3) is 0 Å². The number of hydrogen-bond acceptors (Lipinski definition) is 4. The second kappa shape index (κ2) is 6.50. The number of nitrogens with two attached hydrogens (primary N) is 1. The predicted molar refractivity (Wildman–Crippen MR) is 70.7 cm³/mol. The van der Waals surface area contributed by atoms with Crippen LogP contribution in [-0.4, -0.2) is 73.4 Å². The zero-order valence-electron chi connectivity index (χ0n) is 12.0. The molecule has 2 N–H and O–H groups in total. The van der Waals surface area contributed by atoms with Crippen LogP contribution in [0, 0.1) is 0 Å². The molecule has 0 spiro atoms. The number of rotatable bonds is 2. The first-order valence-corrected chi connectivity index (χ1v) is 7.25. The first kappa shape index (κ1) is 16.5. The van der Waals surface area contributed by atoms with E-state index in [1.165, 1.54) is 4.90 Å². The molecule has 0 unspecified atom stereocenters. The smallest absolute Gasteiger partial charge is 0.381 e. The minimum atomic E-state index is -4.20. The van der Waals surface area contributed by atoms with Gasteiger partial charge in [0.05, 0.1) is 12.1 Å². The van der Waals surface area contributed by atoms with Gasteiger partial charge < -0.3 is 15.4 Å². The normalized spacial score (nSPS) is 24.7. The van der Waals surface area contributed by atoms with Crippen LogP contribution < -0.4 is 5.73 Å². The Balaban J connectivity index is 1.91. The number of halogens is 3. The van der Waals surface area contributed by atoms with Crippen LogP contribution in [0.15, 0.2) is 0 Å². The molecule has 0 aromatic carbocycles. The maximum atomic E-state index is 12.5. The number of amides is 1. The van der Waals surface area contributed by atoms with Crippen LogP contribution in [0.3, 0.4) is 0 Å². The van der Waals surface area contributed by atoms with E-state index in [1.807, 2.05) is 0 Å². The zero-order valence-corrected chi connectivity index (χ0v) is 12.0. The molecule has 2 heterocycles. The Bertz CT molecular complexity index is 370. The zero-order chi connectivity index (χ0) is 15.5. The Labute approximate surface area is 122 Å². The first-order valence-electron chi connectivity index (χ1n) is 7.25. The number of ether oxygens (including phenoxy) is 1. The molecule has 8 heteroatoms. The van der Waals surface area contributed by atoms with Gasteiger partial charge in [-0.15, -0.1) is 0 Å². The molecule has 0 radical (unpaired) electrons. The number of alkyl halides is 3. The number of carbonyl (C=O) groups excluding carboxylic acids is 1. The maximum Gasteiger partial charge on any atom is 0.401 e. The quantitative estimate of drug-likeness (QED) is 0.811. The van der Waals surface area contributed by atoms with Crippen LogP contribution in [0.2, 0.25) is 0 Å². The Morgan fingerprint density at radius 3 is 2.43 bits per heavy atom. The van der Waals surface area contributed by atoms with Crippen LogP contribution in [0.1, 0.15) is 19.3 Å². The summed E-state index contributed by atoms with van der Waals surface area (Å²) in [7, 11) is 0. The lowest BCUT2D eigenvalue weighted by Gasteiger charge is -2.36. The number of nitrogens with zero attached hydrogens (tertiary/aromatic N) is 2. The van der Waals surface area contributed by atoms with E-state index < -0.39 is 18.3 Å². The molecule has 2 saturated heterocycles. The summed E-state index contributed by atoms with van der Waals surface area (Å²) < 4.78 is 42.5. The van der Waals surface area contributed by atoms with Gasteiger partial charge in [-0.2, -0.15) is 13.2 Å². The molecule has 0 aromatic rings.